The van der Waals surface area contributed by atoms with Crippen molar-refractivity contribution in [1.82, 2.24) is 0 Å². The molecule has 1 atom stereocenters. The van der Waals surface area contributed by atoms with E-state index >= 15 is 0 Å². The van der Waals surface area contributed by atoms with Crippen molar-refractivity contribution >= 4 is 23.5 Å². The lowest BCUT2D eigenvalue weighted by atomic mass is 10.1. The first-order chi connectivity index (χ1) is 8.58. The second kappa shape index (κ2) is 7.66. The van der Waals surface area contributed by atoms with Crippen LogP contribution in [0.15, 0.2) is 30.6 Å². The molecule has 1 unspecified atom stereocenters. The molecule has 18 heavy (non-hydrogen) atoms. The summed E-state index contributed by atoms with van der Waals surface area (Å²) in [6, 6.07) is 5.30. The Morgan fingerprint density at radius 2 is 1.94 bits per heavy atom. The van der Waals surface area contributed by atoms with Gasteiger partial charge in [-0.15, -0.1) is 11.6 Å². The normalized spacial score (nSPS) is 11.8. The van der Waals surface area contributed by atoms with Crippen molar-refractivity contribution in [3.63, 3.8) is 0 Å². The fourth-order valence-electron chi connectivity index (χ4n) is 1.37. The van der Waals surface area contributed by atoms with Crippen molar-refractivity contribution in [2.24, 2.45) is 0 Å². The quantitative estimate of drug-likeness (QED) is 0.598. The van der Waals surface area contributed by atoms with Crippen molar-refractivity contribution < 1.29 is 24.3 Å². The van der Waals surface area contributed by atoms with Crippen LogP contribution in [-0.2, 0) is 9.59 Å². The van der Waals surface area contributed by atoms with Crippen LogP contribution in [0, 0.1) is 0 Å². The summed E-state index contributed by atoms with van der Waals surface area (Å²) in [5, 5.41) is 8.06. The van der Waals surface area contributed by atoms with Gasteiger partial charge in [0, 0.05) is 22.2 Å². The van der Waals surface area contributed by atoms with Crippen LogP contribution >= 0.6 is 11.6 Å². The lowest BCUT2D eigenvalue weighted by Gasteiger charge is -2.04. The number of hydrogen-bond acceptors (Lipinski definition) is 3. The minimum absolute atomic E-state index is 0.0932. The lowest BCUT2D eigenvalue weighted by Crippen LogP contribution is -2.44. The largest absolute Gasteiger partial charge is 0.481 e. The summed E-state index contributed by atoms with van der Waals surface area (Å²) in [7, 11) is 0. The second-order valence-corrected chi connectivity index (χ2v) is 4.40. The molecule has 98 valence electrons. The maximum Gasteiger partial charge on any atom is 0.380 e. The maximum absolute atomic E-state index is 11.4. The maximum atomic E-state index is 11.4. The fraction of sp³-hybridized carbons (Fsp3) is 0.417. The standard InChI is InChI=1S/C12H14ClNO4/c13-10(9-11(15)16)5-4-6-12(17)18-14-7-2-1-3-8-14/h1-3,7-8,10H,4-6,9H2/p+1. The summed E-state index contributed by atoms with van der Waals surface area (Å²) in [4.78, 5) is 26.8. The van der Waals surface area contributed by atoms with E-state index in [9.17, 15) is 9.59 Å². The number of aromatic nitrogens is 1. The van der Waals surface area contributed by atoms with Crippen molar-refractivity contribution in [2.45, 2.75) is 31.1 Å². The van der Waals surface area contributed by atoms with Crippen LogP contribution in [0.25, 0.3) is 0 Å². The molecule has 0 radical (unpaired) electrons. The van der Waals surface area contributed by atoms with Crippen LogP contribution in [0.3, 0.4) is 0 Å². The van der Waals surface area contributed by atoms with Crippen LogP contribution < -0.4 is 9.57 Å². The fourth-order valence-corrected chi connectivity index (χ4v) is 1.65. The molecule has 0 bridgehead atoms. The van der Waals surface area contributed by atoms with Gasteiger partial charge in [0.15, 0.2) is 0 Å². The summed E-state index contributed by atoms with van der Waals surface area (Å²) < 4.78 is 1.32. The van der Waals surface area contributed by atoms with Crippen molar-refractivity contribution in [3.05, 3.63) is 30.6 Å². The number of nitrogens with zero attached hydrogens (tertiary/aromatic N) is 1. The summed E-state index contributed by atoms with van der Waals surface area (Å²) in [5.74, 6) is -1.30. The van der Waals surface area contributed by atoms with Crippen LogP contribution in [0.5, 0.6) is 0 Å². The Balaban J connectivity index is 2.20. The third-order valence-electron chi connectivity index (χ3n) is 2.19. The van der Waals surface area contributed by atoms with Gasteiger partial charge in [-0.05, 0) is 12.8 Å². The van der Waals surface area contributed by atoms with E-state index in [2.05, 4.69) is 0 Å². The van der Waals surface area contributed by atoms with Crippen LogP contribution in [0.2, 0.25) is 0 Å². The first-order valence-electron chi connectivity index (χ1n) is 5.61. The highest BCUT2D eigenvalue weighted by atomic mass is 35.5. The Labute approximate surface area is 110 Å². The molecule has 0 spiro atoms. The number of hydrogen-bond donors (Lipinski definition) is 1. The van der Waals surface area contributed by atoms with Gasteiger partial charge in [0.2, 0.25) is 12.4 Å². The third kappa shape index (κ3) is 6.20. The van der Waals surface area contributed by atoms with E-state index in [0.29, 0.717) is 12.8 Å². The van der Waals surface area contributed by atoms with Gasteiger partial charge in [0.05, 0.1) is 12.8 Å². The lowest BCUT2D eigenvalue weighted by molar-refractivity contribution is -0.869. The Kier molecular flexibility index (Phi) is 6.14. The zero-order valence-electron chi connectivity index (χ0n) is 9.79. The van der Waals surface area contributed by atoms with Gasteiger partial charge >= 0.3 is 11.9 Å². The van der Waals surface area contributed by atoms with Crippen molar-refractivity contribution in [2.75, 3.05) is 0 Å². The number of alkyl halides is 1. The van der Waals surface area contributed by atoms with E-state index in [0.717, 1.165) is 0 Å². The number of aliphatic carboxylic acids is 1. The third-order valence-corrected chi connectivity index (χ3v) is 2.56. The SMILES string of the molecule is O=C(O)CC(Cl)CCCC(=O)O[n+]1ccccc1. The van der Waals surface area contributed by atoms with Gasteiger partial charge in [-0.2, -0.15) is 4.84 Å². The van der Waals surface area contributed by atoms with E-state index in [1.165, 1.54) is 4.73 Å². The molecular formula is C12H15ClNO4+. The number of pyridine rings is 1. The summed E-state index contributed by atoms with van der Waals surface area (Å²) in [6.45, 7) is 0. The molecule has 0 aliphatic rings. The van der Waals surface area contributed by atoms with Crippen LogP contribution in [0.4, 0.5) is 0 Å². The first-order valence-corrected chi connectivity index (χ1v) is 6.05. The molecule has 0 fully saturated rings. The highest BCUT2D eigenvalue weighted by Crippen LogP contribution is 2.11. The minimum atomic E-state index is -0.933. The number of carboxylic acid groups (broad SMARTS) is 1. The summed E-state index contributed by atoms with van der Waals surface area (Å²) >= 11 is 5.78. The topological polar surface area (TPSA) is 67.5 Å². The van der Waals surface area contributed by atoms with Gasteiger partial charge < -0.3 is 5.11 Å². The number of rotatable bonds is 7. The Morgan fingerprint density at radius 1 is 1.28 bits per heavy atom. The highest BCUT2D eigenvalue weighted by Gasteiger charge is 2.13. The molecule has 1 aromatic heterocycles. The molecule has 0 aliphatic carbocycles. The van der Waals surface area contributed by atoms with Gasteiger partial charge in [-0.1, -0.05) is 6.07 Å². The number of carbonyl (C=O) groups excluding carboxylic acids is 1. The van der Waals surface area contributed by atoms with E-state index in [1.807, 2.05) is 6.07 Å². The molecule has 0 saturated heterocycles. The molecule has 1 heterocycles. The zero-order valence-corrected chi connectivity index (χ0v) is 10.5. The summed E-state index contributed by atoms with van der Waals surface area (Å²) in [6.07, 6.45) is 4.34. The monoisotopic (exact) mass is 272 g/mol. The molecule has 1 N–H and O–H groups in total. The summed E-state index contributed by atoms with van der Waals surface area (Å²) in [5.41, 5.74) is 0. The predicted molar refractivity (Wildman–Crippen MR) is 64.0 cm³/mol. The number of halogens is 1. The zero-order chi connectivity index (χ0) is 13.4. The van der Waals surface area contributed by atoms with E-state index in [4.69, 9.17) is 21.5 Å². The van der Waals surface area contributed by atoms with E-state index in [-0.39, 0.29) is 18.8 Å². The minimum Gasteiger partial charge on any atom is -0.481 e. The van der Waals surface area contributed by atoms with Gasteiger partial charge in [0.25, 0.3) is 0 Å². The molecule has 6 heteroatoms. The first kappa shape index (κ1) is 14.4. The van der Waals surface area contributed by atoms with Crippen molar-refractivity contribution in [3.8, 4) is 0 Å². The van der Waals surface area contributed by atoms with Crippen LogP contribution in [-0.4, -0.2) is 22.4 Å². The van der Waals surface area contributed by atoms with Gasteiger partial charge in [-0.3, -0.25) is 4.79 Å². The highest BCUT2D eigenvalue weighted by molar-refractivity contribution is 6.21. The van der Waals surface area contributed by atoms with Crippen molar-refractivity contribution in [1.29, 1.82) is 0 Å². The smallest absolute Gasteiger partial charge is 0.380 e. The molecule has 0 aliphatic heterocycles. The second-order valence-electron chi connectivity index (χ2n) is 3.79. The average Bonchev–Trinajstić information content (AvgIpc) is 2.29. The Hall–Kier alpha value is -1.62. The van der Waals surface area contributed by atoms with Crippen LogP contribution in [0.1, 0.15) is 25.7 Å². The predicted octanol–water partition coefficient (Wildman–Crippen LogP) is 1.18. The van der Waals surface area contributed by atoms with E-state index < -0.39 is 11.3 Å². The number of carboxylic acids is 1. The molecule has 0 amide bonds. The molecule has 1 aromatic rings. The Morgan fingerprint density at radius 3 is 2.56 bits per heavy atom. The van der Waals surface area contributed by atoms with E-state index in [1.54, 1.807) is 24.5 Å². The van der Waals surface area contributed by atoms with Gasteiger partial charge in [0.1, 0.15) is 0 Å². The molecule has 1 rings (SSSR count). The Bertz CT molecular complexity index is 396. The number of carbonyl (C=O) groups is 2. The average molecular weight is 273 g/mol. The molecule has 0 aromatic carbocycles. The molecular weight excluding hydrogens is 258 g/mol. The molecule has 0 saturated carbocycles. The molecule has 5 nitrogen and oxygen atoms in total. The van der Waals surface area contributed by atoms with Gasteiger partial charge in [-0.25, -0.2) is 4.79 Å².